The van der Waals surface area contributed by atoms with Crippen molar-refractivity contribution in [3.8, 4) is 0 Å². The van der Waals surface area contributed by atoms with Crippen LogP contribution in [-0.2, 0) is 4.79 Å². The lowest BCUT2D eigenvalue weighted by atomic mass is 10.3. The van der Waals surface area contributed by atoms with Crippen molar-refractivity contribution in [2.45, 2.75) is 19.9 Å². The molecule has 0 bridgehead atoms. The summed E-state index contributed by atoms with van der Waals surface area (Å²) >= 11 is 0. The van der Waals surface area contributed by atoms with Gasteiger partial charge < -0.3 is 4.57 Å². The molecule has 0 saturated heterocycles. The minimum absolute atomic E-state index is 0.0903. The molecule has 1 amide bonds. The maximum Gasteiger partial charge on any atom is 0.251 e. The van der Waals surface area contributed by atoms with Gasteiger partial charge in [-0.2, -0.15) is 0 Å². The quantitative estimate of drug-likeness (QED) is 0.568. The van der Waals surface area contributed by atoms with Gasteiger partial charge in [0.25, 0.3) is 5.91 Å². The molecule has 0 spiro atoms. The first-order chi connectivity index (χ1) is 5.63. The Hall–Kier alpha value is -1.32. The summed E-state index contributed by atoms with van der Waals surface area (Å²) in [4.78, 5) is 17.2. The van der Waals surface area contributed by atoms with E-state index in [9.17, 15) is 4.79 Å². The average molecular weight is 165 g/mol. The maximum absolute atomic E-state index is 11.4. The van der Waals surface area contributed by atoms with Crippen LogP contribution in [0.4, 0.5) is 5.95 Å². The van der Waals surface area contributed by atoms with Gasteiger partial charge in [-0.05, 0) is 13.8 Å². The Morgan fingerprint density at radius 3 is 2.83 bits per heavy atom. The van der Waals surface area contributed by atoms with E-state index < -0.39 is 0 Å². The zero-order valence-corrected chi connectivity index (χ0v) is 7.40. The summed E-state index contributed by atoms with van der Waals surface area (Å²) in [5.41, 5.74) is 1.04. The van der Waals surface area contributed by atoms with Crippen molar-refractivity contribution in [3.05, 3.63) is 11.9 Å². The summed E-state index contributed by atoms with van der Waals surface area (Å²) < 4.78 is 1.95. The molecule has 64 valence electrons. The van der Waals surface area contributed by atoms with E-state index >= 15 is 0 Å². The van der Waals surface area contributed by atoms with Crippen molar-refractivity contribution in [2.24, 2.45) is 0 Å². The van der Waals surface area contributed by atoms with Crippen molar-refractivity contribution in [1.82, 2.24) is 9.55 Å². The Labute approximate surface area is 70.8 Å². The average Bonchev–Trinajstić information content (AvgIpc) is 2.51. The van der Waals surface area contributed by atoms with Crippen LogP contribution in [0.25, 0.3) is 0 Å². The largest absolute Gasteiger partial charge is 0.302 e. The molecule has 2 heterocycles. The second-order valence-corrected chi connectivity index (χ2v) is 3.14. The number of rotatable bonds is 0. The van der Waals surface area contributed by atoms with Crippen LogP contribution in [0.15, 0.2) is 6.20 Å². The number of carbonyl (C=O) groups is 1. The van der Waals surface area contributed by atoms with Crippen LogP contribution in [0.5, 0.6) is 0 Å². The van der Waals surface area contributed by atoms with Gasteiger partial charge in [-0.3, -0.25) is 9.69 Å². The van der Waals surface area contributed by atoms with E-state index in [1.807, 2.05) is 18.4 Å². The van der Waals surface area contributed by atoms with E-state index in [0.717, 1.165) is 11.6 Å². The topological polar surface area (TPSA) is 38.1 Å². The molecule has 4 nitrogen and oxygen atoms in total. The molecule has 1 aliphatic rings. The van der Waals surface area contributed by atoms with Gasteiger partial charge in [0.2, 0.25) is 5.95 Å². The molecule has 0 aromatic carbocycles. The van der Waals surface area contributed by atoms with Gasteiger partial charge in [0.05, 0.1) is 6.20 Å². The van der Waals surface area contributed by atoms with E-state index in [0.29, 0.717) is 0 Å². The summed E-state index contributed by atoms with van der Waals surface area (Å²) in [6.07, 6.45) is 1.79. The van der Waals surface area contributed by atoms with Gasteiger partial charge >= 0.3 is 0 Å². The van der Waals surface area contributed by atoms with Crippen LogP contribution < -0.4 is 4.90 Å². The van der Waals surface area contributed by atoms with E-state index in [1.165, 1.54) is 0 Å². The summed E-state index contributed by atoms with van der Waals surface area (Å²) in [6, 6.07) is -0.0903. The third kappa shape index (κ3) is 0.668. The number of likely N-dealkylation sites (N-methyl/N-ethyl adjacent to an activating group) is 1. The van der Waals surface area contributed by atoms with Crippen LogP contribution in [0.3, 0.4) is 0 Å². The van der Waals surface area contributed by atoms with Gasteiger partial charge in [0.15, 0.2) is 0 Å². The van der Waals surface area contributed by atoms with E-state index in [-0.39, 0.29) is 11.9 Å². The number of anilines is 1. The predicted octanol–water partition coefficient (Wildman–Crippen LogP) is 0.729. The highest BCUT2D eigenvalue weighted by molar-refractivity contribution is 5.97. The number of aryl methyl sites for hydroxylation is 1. The molecule has 4 heteroatoms. The van der Waals surface area contributed by atoms with Crippen molar-refractivity contribution < 1.29 is 4.79 Å². The Morgan fingerprint density at radius 2 is 2.25 bits per heavy atom. The highest BCUT2D eigenvalue weighted by atomic mass is 16.2. The minimum atomic E-state index is -0.0903. The van der Waals surface area contributed by atoms with Crippen LogP contribution in [-0.4, -0.2) is 22.5 Å². The van der Waals surface area contributed by atoms with Gasteiger partial charge in [0, 0.05) is 12.7 Å². The molecule has 1 unspecified atom stereocenters. The van der Waals surface area contributed by atoms with Crippen molar-refractivity contribution >= 4 is 11.9 Å². The molecule has 12 heavy (non-hydrogen) atoms. The van der Waals surface area contributed by atoms with Crippen LogP contribution >= 0.6 is 0 Å². The van der Waals surface area contributed by atoms with Crippen molar-refractivity contribution in [3.63, 3.8) is 0 Å². The molecule has 0 fully saturated rings. The fourth-order valence-corrected chi connectivity index (χ4v) is 1.65. The fourth-order valence-electron chi connectivity index (χ4n) is 1.65. The Morgan fingerprint density at radius 1 is 1.58 bits per heavy atom. The van der Waals surface area contributed by atoms with Crippen molar-refractivity contribution in [1.29, 1.82) is 0 Å². The SMILES string of the molecule is Cc1cnc2n1C(C)C(=O)N2C. The lowest BCUT2D eigenvalue weighted by molar-refractivity contribution is -0.119. The standard InChI is InChI=1S/C8H11N3O/c1-5-4-9-8-10(3)7(12)6(2)11(5)8/h4,6H,1-3H3. The predicted molar refractivity (Wildman–Crippen MR) is 45.1 cm³/mol. The Balaban J connectivity index is 2.61. The number of carbonyl (C=O) groups excluding carboxylic acids is 1. The minimum Gasteiger partial charge on any atom is -0.302 e. The first-order valence-corrected chi connectivity index (χ1v) is 3.94. The fraction of sp³-hybridized carbons (Fsp3) is 0.500. The zero-order valence-electron chi connectivity index (χ0n) is 7.40. The number of hydrogen-bond donors (Lipinski definition) is 0. The lowest BCUT2D eigenvalue weighted by Gasteiger charge is -2.05. The van der Waals surface area contributed by atoms with Crippen LogP contribution in [0.2, 0.25) is 0 Å². The number of aromatic nitrogens is 2. The third-order valence-electron chi connectivity index (χ3n) is 2.34. The highest BCUT2D eigenvalue weighted by Gasteiger charge is 2.33. The number of imidazole rings is 1. The Kier molecular flexibility index (Phi) is 1.28. The molecule has 1 atom stereocenters. The van der Waals surface area contributed by atoms with E-state index in [1.54, 1.807) is 18.1 Å². The monoisotopic (exact) mass is 165 g/mol. The summed E-state index contributed by atoms with van der Waals surface area (Å²) in [5.74, 6) is 0.867. The summed E-state index contributed by atoms with van der Waals surface area (Å²) in [5, 5.41) is 0. The molecule has 1 aromatic heterocycles. The van der Waals surface area contributed by atoms with Gasteiger partial charge in [-0.25, -0.2) is 4.98 Å². The first-order valence-electron chi connectivity index (χ1n) is 3.94. The van der Waals surface area contributed by atoms with Crippen molar-refractivity contribution in [2.75, 3.05) is 11.9 Å². The maximum atomic E-state index is 11.4. The highest BCUT2D eigenvalue weighted by Crippen LogP contribution is 2.28. The number of amides is 1. The number of hydrogen-bond acceptors (Lipinski definition) is 2. The molecule has 0 radical (unpaired) electrons. The van der Waals surface area contributed by atoms with Gasteiger partial charge in [-0.15, -0.1) is 0 Å². The molecule has 1 aliphatic heterocycles. The molecule has 1 aromatic rings. The van der Waals surface area contributed by atoms with Crippen LogP contribution in [0, 0.1) is 6.92 Å². The van der Waals surface area contributed by atoms with E-state index in [2.05, 4.69) is 4.98 Å². The first kappa shape index (κ1) is 7.34. The zero-order chi connectivity index (χ0) is 8.88. The number of nitrogens with zero attached hydrogens (tertiary/aromatic N) is 3. The normalized spacial score (nSPS) is 21.8. The molecule has 0 N–H and O–H groups in total. The smallest absolute Gasteiger partial charge is 0.251 e. The second-order valence-electron chi connectivity index (χ2n) is 3.14. The molecule has 2 rings (SSSR count). The van der Waals surface area contributed by atoms with Gasteiger partial charge in [-0.1, -0.05) is 0 Å². The molecular weight excluding hydrogens is 154 g/mol. The second kappa shape index (κ2) is 2.09. The van der Waals surface area contributed by atoms with Crippen LogP contribution in [0.1, 0.15) is 18.7 Å². The lowest BCUT2D eigenvalue weighted by Crippen LogP contribution is -2.23. The van der Waals surface area contributed by atoms with Gasteiger partial charge in [0.1, 0.15) is 6.04 Å². The molecular formula is C8H11N3O. The molecule has 0 saturated carbocycles. The summed E-state index contributed by atoms with van der Waals surface area (Å²) in [7, 11) is 1.75. The van der Waals surface area contributed by atoms with E-state index in [4.69, 9.17) is 0 Å². The summed E-state index contributed by atoms with van der Waals surface area (Å²) in [6.45, 7) is 3.85. The Bertz CT molecular complexity index is 342. The number of fused-ring (bicyclic) bond motifs is 1. The molecule has 0 aliphatic carbocycles. The third-order valence-corrected chi connectivity index (χ3v) is 2.34.